The smallest absolute Gasteiger partial charge is 0.357 e. The molecule has 0 amide bonds. The molecule has 3 heterocycles. The van der Waals surface area contributed by atoms with Crippen LogP contribution in [0.1, 0.15) is 28.5 Å². The van der Waals surface area contributed by atoms with Crippen molar-refractivity contribution < 1.29 is 14.3 Å². The van der Waals surface area contributed by atoms with E-state index in [0.29, 0.717) is 37.7 Å². The van der Waals surface area contributed by atoms with Gasteiger partial charge in [-0.15, -0.1) is 5.10 Å². The predicted molar refractivity (Wildman–Crippen MR) is 86.4 cm³/mol. The highest BCUT2D eigenvalue weighted by molar-refractivity contribution is 6.31. The number of fused-ring (bicyclic) bond motifs is 1. The van der Waals surface area contributed by atoms with Crippen molar-refractivity contribution >= 4 is 29.0 Å². The zero-order valence-electron chi connectivity index (χ0n) is 13.4. The van der Waals surface area contributed by atoms with E-state index in [9.17, 15) is 10.1 Å². The number of aromatic nitrogens is 3. The van der Waals surface area contributed by atoms with Crippen molar-refractivity contribution in [1.29, 1.82) is 5.26 Å². The molecular weight excluding hydrogens is 334 g/mol. The average Bonchev–Trinajstić information content (AvgIpc) is 2.97. The van der Waals surface area contributed by atoms with Gasteiger partial charge in [0.15, 0.2) is 17.2 Å². The third-order valence-electron chi connectivity index (χ3n) is 3.80. The van der Waals surface area contributed by atoms with Gasteiger partial charge in [0.2, 0.25) is 0 Å². The van der Waals surface area contributed by atoms with Gasteiger partial charge in [-0.25, -0.2) is 9.78 Å². The number of ether oxygens (including phenoxy) is 2. The quantitative estimate of drug-likeness (QED) is 0.613. The largest absolute Gasteiger partial charge is 0.461 e. The van der Waals surface area contributed by atoms with E-state index in [1.54, 1.807) is 13.8 Å². The second kappa shape index (κ2) is 6.63. The fourth-order valence-electron chi connectivity index (χ4n) is 2.58. The van der Waals surface area contributed by atoms with Crippen LogP contribution in [0.2, 0.25) is 5.15 Å². The topological polar surface area (TPSA) is 92.8 Å². The van der Waals surface area contributed by atoms with Crippen LogP contribution in [-0.2, 0) is 9.47 Å². The van der Waals surface area contributed by atoms with Gasteiger partial charge in [-0.1, -0.05) is 11.6 Å². The average molecular weight is 350 g/mol. The molecule has 0 unspecified atom stereocenters. The van der Waals surface area contributed by atoms with Crippen molar-refractivity contribution in [2.75, 3.05) is 37.8 Å². The molecule has 8 nitrogen and oxygen atoms in total. The number of morpholine rings is 1. The second-order valence-electron chi connectivity index (χ2n) is 5.24. The Bertz CT molecular complexity index is 836. The van der Waals surface area contributed by atoms with Crippen LogP contribution >= 0.6 is 11.6 Å². The van der Waals surface area contributed by atoms with E-state index in [-0.39, 0.29) is 28.7 Å². The first kappa shape index (κ1) is 16.5. The van der Waals surface area contributed by atoms with Crippen molar-refractivity contribution in [3.05, 3.63) is 22.0 Å². The van der Waals surface area contributed by atoms with Crippen LogP contribution < -0.4 is 4.90 Å². The van der Waals surface area contributed by atoms with Gasteiger partial charge in [-0.3, -0.25) is 0 Å². The summed E-state index contributed by atoms with van der Waals surface area (Å²) >= 11 is 6.36. The second-order valence-corrected chi connectivity index (χ2v) is 5.60. The molecule has 0 saturated carbocycles. The van der Waals surface area contributed by atoms with Gasteiger partial charge in [0.25, 0.3) is 0 Å². The Hall–Kier alpha value is -2.37. The number of carbonyl (C=O) groups is 1. The molecule has 0 N–H and O–H groups in total. The zero-order chi connectivity index (χ0) is 17.3. The maximum Gasteiger partial charge on any atom is 0.357 e. The molecule has 1 fully saturated rings. The van der Waals surface area contributed by atoms with E-state index >= 15 is 0 Å². The summed E-state index contributed by atoms with van der Waals surface area (Å²) in [5.41, 5.74) is 1.09. The van der Waals surface area contributed by atoms with E-state index in [0.717, 1.165) is 0 Å². The normalized spacial score (nSPS) is 14.7. The molecule has 0 radical (unpaired) electrons. The third-order valence-corrected chi connectivity index (χ3v) is 4.25. The fraction of sp³-hybridized carbons (Fsp3) is 0.467. The number of nitrogens with zero attached hydrogens (tertiary/aromatic N) is 5. The molecule has 126 valence electrons. The van der Waals surface area contributed by atoms with Gasteiger partial charge in [-0.05, 0) is 13.8 Å². The van der Waals surface area contributed by atoms with Crippen LogP contribution in [0.4, 0.5) is 5.82 Å². The van der Waals surface area contributed by atoms with Gasteiger partial charge >= 0.3 is 5.97 Å². The first-order valence-electron chi connectivity index (χ1n) is 7.57. The summed E-state index contributed by atoms with van der Waals surface area (Å²) in [6.07, 6.45) is 0. The Kier molecular flexibility index (Phi) is 4.55. The van der Waals surface area contributed by atoms with Gasteiger partial charge in [0, 0.05) is 18.7 Å². The standard InChI is InChI=1S/C15H16ClN5O3/c1-3-24-15(22)11-9(2)12(16)21-13(18-11)10(8-17)14(19-21)20-4-6-23-7-5-20/h3-7H2,1-2H3. The van der Waals surface area contributed by atoms with Crippen LogP contribution in [0.3, 0.4) is 0 Å². The molecule has 0 spiro atoms. The first-order valence-corrected chi connectivity index (χ1v) is 7.95. The van der Waals surface area contributed by atoms with Crippen LogP contribution in [0.5, 0.6) is 0 Å². The maximum absolute atomic E-state index is 12.1. The molecule has 1 aliphatic heterocycles. The van der Waals surface area contributed by atoms with Gasteiger partial charge in [0.1, 0.15) is 16.8 Å². The summed E-state index contributed by atoms with van der Waals surface area (Å²) in [6, 6.07) is 2.12. The van der Waals surface area contributed by atoms with Crippen molar-refractivity contribution in [2.24, 2.45) is 0 Å². The molecule has 0 aliphatic carbocycles. The molecule has 3 rings (SSSR count). The van der Waals surface area contributed by atoms with Crippen LogP contribution in [-0.4, -0.2) is 53.5 Å². The summed E-state index contributed by atoms with van der Waals surface area (Å²) in [4.78, 5) is 18.3. The minimum absolute atomic E-state index is 0.0966. The van der Waals surface area contributed by atoms with Gasteiger partial charge < -0.3 is 14.4 Å². The monoisotopic (exact) mass is 349 g/mol. The molecule has 0 aromatic carbocycles. The number of hydrogen-bond acceptors (Lipinski definition) is 7. The molecule has 0 bridgehead atoms. The predicted octanol–water partition coefficient (Wildman–Crippen LogP) is 1.58. The minimum atomic E-state index is -0.572. The molecule has 2 aromatic rings. The van der Waals surface area contributed by atoms with E-state index in [2.05, 4.69) is 16.2 Å². The molecule has 0 atom stereocenters. The number of hydrogen-bond donors (Lipinski definition) is 0. The lowest BCUT2D eigenvalue weighted by atomic mass is 10.2. The molecular formula is C15H16ClN5O3. The number of nitriles is 1. The minimum Gasteiger partial charge on any atom is -0.461 e. The summed E-state index contributed by atoms with van der Waals surface area (Å²) < 4.78 is 11.7. The van der Waals surface area contributed by atoms with E-state index in [4.69, 9.17) is 21.1 Å². The van der Waals surface area contributed by atoms with Crippen LogP contribution in [0, 0.1) is 18.3 Å². The number of rotatable bonds is 3. The van der Waals surface area contributed by atoms with Gasteiger partial charge in [-0.2, -0.15) is 9.78 Å². The summed E-state index contributed by atoms with van der Waals surface area (Å²) in [7, 11) is 0. The Labute approximate surface area is 143 Å². The van der Waals surface area contributed by atoms with Crippen molar-refractivity contribution in [1.82, 2.24) is 14.6 Å². The highest BCUT2D eigenvalue weighted by Crippen LogP contribution is 2.28. The third kappa shape index (κ3) is 2.66. The van der Waals surface area contributed by atoms with Crippen molar-refractivity contribution in [3.8, 4) is 6.07 Å². The van der Waals surface area contributed by atoms with Crippen LogP contribution in [0.25, 0.3) is 5.65 Å². The van der Waals surface area contributed by atoms with E-state index in [1.165, 1.54) is 4.52 Å². The SMILES string of the molecule is CCOC(=O)c1nc2c(C#N)c(N3CCOCC3)nn2c(Cl)c1C. The number of anilines is 1. The maximum atomic E-state index is 12.1. The lowest BCUT2D eigenvalue weighted by Crippen LogP contribution is -2.36. The highest BCUT2D eigenvalue weighted by atomic mass is 35.5. The van der Waals surface area contributed by atoms with Crippen molar-refractivity contribution in [3.63, 3.8) is 0 Å². The zero-order valence-corrected chi connectivity index (χ0v) is 14.1. The van der Waals surface area contributed by atoms with E-state index < -0.39 is 5.97 Å². The highest BCUT2D eigenvalue weighted by Gasteiger charge is 2.26. The van der Waals surface area contributed by atoms with Gasteiger partial charge in [0.05, 0.1) is 19.8 Å². The molecule has 2 aromatic heterocycles. The van der Waals surface area contributed by atoms with Crippen LogP contribution in [0.15, 0.2) is 0 Å². The lowest BCUT2D eigenvalue weighted by molar-refractivity contribution is 0.0518. The summed E-state index contributed by atoms with van der Waals surface area (Å²) in [5, 5.41) is 14.2. The molecule has 9 heteroatoms. The Morgan fingerprint density at radius 3 is 2.79 bits per heavy atom. The number of esters is 1. The van der Waals surface area contributed by atoms with E-state index in [1.807, 2.05) is 4.90 Å². The Morgan fingerprint density at radius 2 is 2.17 bits per heavy atom. The molecule has 24 heavy (non-hydrogen) atoms. The van der Waals surface area contributed by atoms with Crippen molar-refractivity contribution in [2.45, 2.75) is 13.8 Å². The molecule has 1 saturated heterocycles. The first-order chi connectivity index (χ1) is 11.6. The Balaban J connectivity index is 2.19. The Morgan fingerprint density at radius 1 is 1.46 bits per heavy atom. The summed E-state index contributed by atoms with van der Waals surface area (Å²) in [5.74, 6) is -0.0759. The fourth-order valence-corrected chi connectivity index (χ4v) is 2.79. The molecule has 1 aliphatic rings. The number of carbonyl (C=O) groups excluding carboxylic acids is 1. The summed E-state index contributed by atoms with van der Waals surface area (Å²) in [6.45, 7) is 5.98. The number of halogens is 1. The lowest BCUT2D eigenvalue weighted by Gasteiger charge is -2.26.